The predicted molar refractivity (Wildman–Crippen MR) is 93.5 cm³/mol. The van der Waals surface area contributed by atoms with Gasteiger partial charge in [0, 0.05) is 17.3 Å². The first-order valence-electron chi connectivity index (χ1n) is 7.05. The van der Waals surface area contributed by atoms with Gasteiger partial charge in [0.25, 0.3) is 0 Å². The Morgan fingerprint density at radius 1 is 1.13 bits per heavy atom. The number of ether oxygens (including phenoxy) is 1. The van der Waals surface area contributed by atoms with Gasteiger partial charge in [-0.3, -0.25) is 0 Å². The highest BCUT2D eigenvalue weighted by molar-refractivity contribution is 8.01. The van der Waals surface area contributed by atoms with Gasteiger partial charge in [-0.25, -0.2) is 8.42 Å². The number of benzene rings is 2. The minimum Gasteiger partial charge on any atom is -0.497 e. The van der Waals surface area contributed by atoms with Gasteiger partial charge in [-0.1, -0.05) is 23.7 Å². The van der Waals surface area contributed by atoms with Gasteiger partial charge < -0.3 is 4.74 Å². The molecule has 0 aliphatic carbocycles. The molecule has 0 bridgehead atoms. The maximum atomic E-state index is 12.9. The van der Waals surface area contributed by atoms with E-state index in [0.717, 1.165) is 11.3 Å². The molecule has 1 aliphatic heterocycles. The van der Waals surface area contributed by atoms with E-state index in [2.05, 4.69) is 0 Å². The Balaban J connectivity index is 1.92. The highest BCUT2D eigenvalue weighted by Gasteiger charge is 2.36. The number of methoxy groups -OCH3 is 1. The molecule has 0 amide bonds. The van der Waals surface area contributed by atoms with Crippen molar-refractivity contribution in [2.75, 3.05) is 19.4 Å². The fraction of sp³-hybridized carbons (Fsp3) is 0.250. The summed E-state index contributed by atoms with van der Waals surface area (Å²) in [5.74, 6) is 1.40. The fourth-order valence-corrected chi connectivity index (χ4v) is 5.84. The Kier molecular flexibility index (Phi) is 4.87. The molecule has 1 heterocycles. The van der Waals surface area contributed by atoms with E-state index in [-0.39, 0.29) is 10.3 Å². The van der Waals surface area contributed by atoms with Crippen molar-refractivity contribution < 1.29 is 13.2 Å². The largest absolute Gasteiger partial charge is 0.497 e. The zero-order chi connectivity index (χ0) is 16.4. The first-order valence-corrected chi connectivity index (χ1v) is 9.92. The van der Waals surface area contributed by atoms with Crippen LogP contribution in [0.3, 0.4) is 0 Å². The normalized spacial score (nSPS) is 19.0. The van der Waals surface area contributed by atoms with E-state index in [1.54, 1.807) is 59.6 Å². The van der Waals surface area contributed by atoms with Crippen LogP contribution in [0.15, 0.2) is 53.4 Å². The average molecular weight is 370 g/mol. The lowest BCUT2D eigenvalue weighted by molar-refractivity contribution is 0.414. The molecule has 23 heavy (non-hydrogen) atoms. The minimum absolute atomic E-state index is 0.223. The third kappa shape index (κ3) is 3.35. The number of sulfonamides is 1. The maximum absolute atomic E-state index is 12.9. The molecule has 0 aromatic heterocycles. The predicted octanol–water partition coefficient (Wildman–Crippen LogP) is 3.78. The molecule has 0 spiro atoms. The molecule has 1 atom stereocenters. The second kappa shape index (κ2) is 6.73. The summed E-state index contributed by atoms with van der Waals surface area (Å²) in [6.45, 7) is 0.492. The second-order valence-corrected chi connectivity index (χ2v) is 8.58. The second-order valence-electron chi connectivity index (χ2n) is 5.07. The average Bonchev–Trinajstić information content (AvgIpc) is 3.06. The Bertz CT molecular complexity index is 776. The Morgan fingerprint density at radius 2 is 1.78 bits per heavy atom. The van der Waals surface area contributed by atoms with Crippen LogP contribution >= 0.6 is 23.4 Å². The minimum atomic E-state index is -3.55. The van der Waals surface area contributed by atoms with Gasteiger partial charge in [0.05, 0.1) is 17.4 Å². The van der Waals surface area contributed by atoms with Crippen LogP contribution in [-0.4, -0.2) is 32.1 Å². The van der Waals surface area contributed by atoms with Gasteiger partial charge in [0.2, 0.25) is 10.0 Å². The van der Waals surface area contributed by atoms with Crippen molar-refractivity contribution in [2.24, 2.45) is 0 Å². The van der Waals surface area contributed by atoms with E-state index in [0.29, 0.717) is 17.3 Å². The highest BCUT2D eigenvalue weighted by Crippen LogP contribution is 2.41. The van der Waals surface area contributed by atoms with Crippen molar-refractivity contribution in [3.05, 3.63) is 59.1 Å². The van der Waals surface area contributed by atoms with Crippen molar-refractivity contribution >= 4 is 33.4 Å². The molecule has 7 heteroatoms. The summed E-state index contributed by atoms with van der Waals surface area (Å²) in [6, 6.07) is 13.8. The molecule has 2 aromatic carbocycles. The molecule has 1 saturated heterocycles. The van der Waals surface area contributed by atoms with Crippen LogP contribution in [0, 0.1) is 0 Å². The van der Waals surface area contributed by atoms with Gasteiger partial charge in [-0.15, -0.1) is 11.8 Å². The molecule has 122 valence electrons. The zero-order valence-corrected chi connectivity index (χ0v) is 14.9. The first-order chi connectivity index (χ1) is 11.0. The fourth-order valence-electron chi connectivity index (χ4n) is 2.47. The summed E-state index contributed by atoms with van der Waals surface area (Å²) in [4.78, 5) is 0.278. The first kappa shape index (κ1) is 16.6. The SMILES string of the molecule is COc1ccc(S(=O)(=O)N2CCSC2c2ccc(Cl)cc2)cc1. The van der Waals surface area contributed by atoms with Gasteiger partial charge >= 0.3 is 0 Å². The lowest BCUT2D eigenvalue weighted by Gasteiger charge is -2.23. The van der Waals surface area contributed by atoms with Crippen LogP contribution < -0.4 is 4.74 Å². The number of hydrogen-bond donors (Lipinski definition) is 0. The topological polar surface area (TPSA) is 46.6 Å². The van der Waals surface area contributed by atoms with Crippen molar-refractivity contribution in [1.29, 1.82) is 0 Å². The number of halogens is 1. The molecule has 0 radical (unpaired) electrons. The zero-order valence-electron chi connectivity index (χ0n) is 12.5. The lowest BCUT2D eigenvalue weighted by Crippen LogP contribution is -2.30. The summed E-state index contributed by atoms with van der Waals surface area (Å²) in [6.07, 6.45) is 0. The van der Waals surface area contributed by atoms with Crippen molar-refractivity contribution in [3.63, 3.8) is 0 Å². The van der Waals surface area contributed by atoms with Crippen LogP contribution in [0.1, 0.15) is 10.9 Å². The summed E-state index contributed by atoms with van der Waals surface area (Å²) in [5, 5.41) is 0.417. The molecule has 3 rings (SSSR count). The van der Waals surface area contributed by atoms with Crippen LogP contribution in [0.2, 0.25) is 5.02 Å². The molecule has 0 saturated carbocycles. The molecule has 1 unspecified atom stereocenters. The molecule has 1 fully saturated rings. The van der Waals surface area contributed by atoms with E-state index in [1.807, 2.05) is 12.1 Å². The van der Waals surface area contributed by atoms with E-state index in [4.69, 9.17) is 16.3 Å². The maximum Gasteiger partial charge on any atom is 0.244 e. The van der Waals surface area contributed by atoms with E-state index in [1.165, 1.54) is 0 Å². The number of thioether (sulfide) groups is 1. The lowest BCUT2D eigenvalue weighted by atomic mass is 10.2. The summed E-state index contributed by atoms with van der Waals surface area (Å²) in [5.41, 5.74) is 0.939. The summed E-state index contributed by atoms with van der Waals surface area (Å²) < 4.78 is 32.5. The van der Waals surface area contributed by atoms with Crippen LogP contribution in [0.5, 0.6) is 5.75 Å². The molecule has 1 aliphatic rings. The van der Waals surface area contributed by atoms with Gasteiger partial charge in [0.15, 0.2) is 0 Å². The van der Waals surface area contributed by atoms with Gasteiger partial charge in [0.1, 0.15) is 5.75 Å². The molecular weight excluding hydrogens is 354 g/mol. The summed E-state index contributed by atoms with van der Waals surface area (Å²) in [7, 11) is -1.99. The van der Waals surface area contributed by atoms with Crippen molar-refractivity contribution in [1.82, 2.24) is 4.31 Å². The van der Waals surface area contributed by atoms with E-state index >= 15 is 0 Å². The van der Waals surface area contributed by atoms with Crippen molar-refractivity contribution in [2.45, 2.75) is 10.3 Å². The number of nitrogens with zero attached hydrogens (tertiary/aromatic N) is 1. The quantitative estimate of drug-likeness (QED) is 0.822. The van der Waals surface area contributed by atoms with Crippen molar-refractivity contribution in [3.8, 4) is 5.75 Å². The van der Waals surface area contributed by atoms with E-state index in [9.17, 15) is 8.42 Å². The molecule has 4 nitrogen and oxygen atoms in total. The Labute approximate surface area is 145 Å². The Hall–Kier alpha value is -1.21. The number of hydrogen-bond acceptors (Lipinski definition) is 4. The van der Waals surface area contributed by atoms with Crippen LogP contribution in [0.25, 0.3) is 0 Å². The van der Waals surface area contributed by atoms with Gasteiger partial charge in [-0.2, -0.15) is 4.31 Å². The highest BCUT2D eigenvalue weighted by atomic mass is 35.5. The smallest absolute Gasteiger partial charge is 0.244 e. The third-order valence-corrected chi connectivity index (χ3v) is 7.19. The molecule has 2 aromatic rings. The van der Waals surface area contributed by atoms with Gasteiger partial charge in [-0.05, 0) is 42.0 Å². The molecule has 0 N–H and O–H groups in total. The third-order valence-electron chi connectivity index (χ3n) is 3.67. The molecular formula is C16H16ClNO3S2. The standard InChI is InChI=1S/C16H16ClNO3S2/c1-21-14-6-8-15(9-7-14)23(19,20)18-10-11-22-16(18)12-2-4-13(17)5-3-12/h2-9,16H,10-11H2,1H3. The van der Waals surface area contributed by atoms with Crippen LogP contribution in [-0.2, 0) is 10.0 Å². The summed E-state index contributed by atoms with van der Waals surface area (Å²) >= 11 is 7.54. The monoisotopic (exact) mass is 369 g/mol. The number of rotatable bonds is 4. The Morgan fingerprint density at radius 3 is 2.39 bits per heavy atom. The van der Waals surface area contributed by atoms with E-state index < -0.39 is 10.0 Å². The van der Waals surface area contributed by atoms with Crippen LogP contribution in [0.4, 0.5) is 0 Å².